The number of sulfonamides is 1. The molecule has 0 spiro atoms. The lowest BCUT2D eigenvalue weighted by Gasteiger charge is -2.41. The molecule has 1 amide bonds. The van der Waals surface area contributed by atoms with E-state index < -0.39 is 27.5 Å². The van der Waals surface area contributed by atoms with Gasteiger partial charge in [-0.1, -0.05) is 23.7 Å². The summed E-state index contributed by atoms with van der Waals surface area (Å²) >= 11 is 6.55. The molecule has 11 nitrogen and oxygen atoms in total. The molecule has 1 N–H and O–H groups in total. The number of halogens is 1. The summed E-state index contributed by atoms with van der Waals surface area (Å²) in [6.07, 6.45) is 4.49. The molecule has 246 valence electrons. The van der Waals surface area contributed by atoms with Gasteiger partial charge < -0.3 is 19.2 Å². The van der Waals surface area contributed by atoms with Gasteiger partial charge in [0.1, 0.15) is 17.8 Å². The zero-order valence-electron chi connectivity index (χ0n) is 26.2. The summed E-state index contributed by atoms with van der Waals surface area (Å²) < 4.78 is 47.1. The normalized spacial score (nSPS) is 22.1. The summed E-state index contributed by atoms with van der Waals surface area (Å²) in [6, 6.07) is 16.4. The number of ether oxygens (including phenoxy) is 2. The molecule has 47 heavy (non-hydrogen) atoms. The van der Waals surface area contributed by atoms with Gasteiger partial charge in [-0.2, -0.15) is 0 Å². The van der Waals surface area contributed by atoms with Gasteiger partial charge in [-0.25, -0.2) is 17.7 Å². The molecule has 0 saturated carbocycles. The average molecular weight is 678 g/mol. The van der Waals surface area contributed by atoms with Crippen LogP contribution in [0.25, 0.3) is 0 Å². The second-order valence-electron chi connectivity index (χ2n) is 11.9. The molecule has 4 aromatic rings. The van der Waals surface area contributed by atoms with E-state index in [1.54, 1.807) is 43.6 Å². The van der Waals surface area contributed by atoms with Gasteiger partial charge in [0.25, 0.3) is 15.9 Å². The lowest BCUT2D eigenvalue weighted by molar-refractivity contribution is -0.127. The number of benzene rings is 3. The number of likely N-dealkylation sites (tertiary alicyclic amines) is 1. The lowest BCUT2D eigenvalue weighted by atomic mass is 9.80. The minimum Gasteiger partial charge on any atom is -0.497 e. The number of aromatic nitrogens is 1. The van der Waals surface area contributed by atoms with Crippen molar-refractivity contribution in [3.05, 3.63) is 101 Å². The minimum absolute atomic E-state index is 0.0570. The summed E-state index contributed by atoms with van der Waals surface area (Å²) in [5.41, 5.74) is 0.576. The highest BCUT2D eigenvalue weighted by Crippen LogP contribution is 2.56. The smallest absolute Gasteiger partial charge is 0.271 e. The second kappa shape index (κ2) is 12.6. The van der Waals surface area contributed by atoms with E-state index in [1.165, 1.54) is 25.5 Å². The fourth-order valence-corrected chi connectivity index (χ4v) is 8.84. The molecular formula is C34H36ClN5O6S. The van der Waals surface area contributed by atoms with Crippen LogP contribution in [-0.4, -0.2) is 76.1 Å². The van der Waals surface area contributed by atoms with Crippen LogP contribution < -0.4 is 19.1 Å². The molecule has 7 rings (SSSR count). The molecule has 2 saturated heterocycles. The zero-order chi connectivity index (χ0) is 32.8. The Hall–Kier alpha value is -3.94. The van der Waals surface area contributed by atoms with Crippen molar-refractivity contribution in [3.8, 4) is 11.5 Å². The Kier molecular flexibility index (Phi) is 8.48. The fourth-order valence-electron chi connectivity index (χ4n) is 7.22. The molecule has 1 aromatic heterocycles. The predicted molar refractivity (Wildman–Crippen MR) is 176 cm³/mol. The van der Waals surface area contributed by atoms with Gasteiger partial charge in [0.15, 0.2) is 5.54 Å². The first-order chi connectivity index (χ1) is 22.8. The molecule has 3 aliphatic heterocycles. The van der Waals surface area contributed by atoms with E-state index >= 15 is 4.79 Å². The molecule has 3 aliphatic rings. The lowest BCUT2D eigenvalue weighted by Crippen LogP contribution is -2.54. The number of hydrogen-bond donors (Lipinski definition) is 1. The van der Waals surface area contributed by atoms with Crippen LogP contribution in [-0.2, 0) is 26.9 Å². The molecule has 2 atom stereocenters. The highest BCUT2D eigenvalue weighted by atomic mass is 35.5. The Bertz CT molecular complexity index is 1880. The second-order valence-corrected chi connectivity index (χ2v) is 14.1. The first-order valence-corrected chi connectivity index (χ1v) is 17.4. The standard InChI is InChI=1S/C34H36ClN5O6S/c1-44-25-7-9-26(10-8-25)47(42,43)40-30-21-24(35)6-11-27(30)34(33(40)41,39-16-3-4-29(39)32-37-15-19-46-32)28-20-23(5-12-31(28)45-2)22-38-17-13-36-14-18-38/h5-12,15,19-21,29,36H,3-4,13-14,16-18,22H2,1-2H3/t29-,34?/m0/s1. The summed E-state index contributed by atoms with van der Waals surface area (Å²) in [7, 11) is -1.36. The number of hydrogen-bond acceptors (Lipinski definition) is 10. The summed E-state index contributed by atoms with van der Waals surface area (Å²) in [6.45, 7) is 4.70. The topological polar surface area (TPSA) is 117 Å². The Morgan fingerprint density at radius 3 is 2.49 bits per heavy atom. The minimum atomic E-state index is -4.43. The highest BCUT2D eigenvalue weighted by Gasteiger charge is 2.62. The maximum atomic E-state index is 15.5. The predicted octanol–water partition coefficient (Wildman–Crippen LogP) is 4.57. The van der Waals surface area contributed by atoms with Crippen LogP contribution in [0.1, 0.15) is 41.5 Å². The Morgan fingerprint density at radius 2 is 1.79 bits per heavy atom. The van der Waals surface area contributed by atoms with Crippen molar-refractivity contribution >= 4 is 33.2 Å². The van der Waals surface area contributed by atoms with Gasteiger partial charge in [0, 0.05) is 55.4 Å². The van der Waals surface area contributed by atoms with Crippen molar-refractivity contribution in [2.24, 2.45) is 0 Å². The first-order valence-electron chi connectivity index (χ1n) is 15.6. The molecule has 0 bridgehead atoms. The van der Waals surface area contributed by atoms with Gasteiger partial charge in [-0.05, 0) is 66.9 Å². The fraction of sp³-hybridized carbons (Fsp3) is 0.353. The molecule has 0 radical (unpaired) electrons. The third-order valence-electron chi connectivity index (χ3n) is 9.35. The van der Waals surface area contributed by atoms with Gasteiger partial charge in [-0.3, -0.25) is 14.6 Å². The molecule has 2 fully saturated rings. The quantitative estimate of drug-likeness (QED) is 0.270. The Balaban J connectivity index is 1.48. The van der Waals surface area contributed by atoms with Gasteiger partial charge in [0.2, 0.25) is 5.89 Å². The van der Waals surface area contributed by atoms with E-state index in [1.807, 2.05) is 23.1 Å². The van der Waals surface area contributed by atoms with Crippen molar-refractivity contribution in [2.75, 3.05) is 51.2 Å². The van der Waals surface area contributed by atoms with E-state index in [0.717, 1.165) is 42.5 Å². The molecule has 1 unspecified atom stereocenters. The highest BCUT2D eigenvalue weighted by molar-refractivity contribution is 7.93. The molecular weight excluding hydrogens is 642 g/mol. The number of amides is 1. The number of carbonyl (C=O) groups excluding carboxylic acids is 1. The van der Waals surface area contributed by atoms with E-state index in [9.17, 15) is 8.42 Å². The number of nitrogens with one attached hydrogen (secondary N) is 1. The largest absolute Gasteiger partial charge is 0.497 e. The monoisotopic (exact) mass is 677 g/mol. The molecule has 4 heterocycles. The van der Waals surface area contributed by atoms with Crippen LogP contribution in [0.3, 0.4) is 0 Å². The number of piperazine rings is 1. The number of fused-ring (bicyclic) bond motifs is 1. The number of nitrogens with zero attached hydrogens (tertiary/aromatic N) is 4. The van der Waals surface area contributed by atoms with E-state index in [0.29, 0.717) is 53.0 Å². The van der Waals surface area contributed by atoms with Gasteiger partial charge in [0.05, 0.1) is 37.0 Å². The van der Waals surface area contributed by atoms with Crippen molar-refractivity contribution in [1.82, 2.24) is 20.1 Å². The van der Waals surface area contributed by atoms with E-state index in [4.69, 9.17) is 25.5 Å². The van der Waals surface area contributed by atoms with Crippen molar-refractivity contribution < 1.29 is 27.1 Å². The van der Waals surface area contributed by atoms with Crippen LogP contribution in [0, 0.1) is 0 Å². The maximum absolute atomic E-state index is 15.5. The van der Waals surface area contributed by atoms with E-state index in [2.05, 4.69) is 15.2 Å². The average Bonchev–Trinajstić information content (AvgIpc) is 3.84. The van der Waals surface area contributed by atoms with Crippen LogP contribution >= 0.6 is 11.6 Å². The molecule has 0 aliphatic carbocycles. The third-order valence-corrected chi connectivity index (χ3v) is 11.3. The van der Waals surface area contributed by atoms with E-state index in [-0.39, 0.29) is 10.6 Å². The Morgan fingerprint density at radius 1 is 1.00 bits per heavy atom. The number of carbonyl (C=O) groups is 1. The van der Waals surface area contributed by atoms with Crippen molar-refractivity contribution in [2.45, 2.75) is 35.9 Å². The maximum Gasteiger partial charge on any atom is 0.271 e. The van der Waals surface area contributed by atoms with Crippen LogP contribution in [0.2, 0.25) is 5.02 Å². The third kappa shape index (κ3) is 5.28. The van der Waals surface area contributed by atoms with Crippen LogP contribution in [0.15, 0.2) is 82.4 Å². The summed E-state index contributed by atoms with van der Waals surface area (Å²) in [5.74, 6) is 0.760. The van der Waals surface area contributed by atoms with Gasteiger partial charge in [-0.15, -0.1) is 0 Å². The first kappa shape index (κ1) is 31.6. The van der Waals surface area contributed by atoms with Crippen LogP contribution in [0.4, 0.5) is 5.69 Å². The van der Waals surface area contributed by atoms with Crippen molar-refractivity contribution in [1.29, 1.82) is 0 Å². The SMILES string of the molecule is COc1ccc(S(=O)(=O)N2C(=O)C(c3cc(CN4CCNCC4)ccc3OC)(N3CCC[C@H]3c3ncco3)c3ccc(Cl)cc32)cc1. The van der Waals surface area contributed by atoms with Crippen molar-refractivity contribution in [3.63, 3.8) is 0 Å². The van der Waals surface area contributed by atoms with Crippen LogP contribution in [0.5, 0.6) is 11.5 Å². The summed E-state index contributed by atoms with van der Waals surface area (Å²) in [4.78, 5) is 24.3. The number of rotatable bonds is 9. The number of methoxy groups -OCH3 is 2. The zero-order valence-corrected chi connectivity index (χ0v) is 27.8. The summed E-state index contributed by atoms with van der Waals surface area (Å²) in [5, 5.41) is 3.69. The number of oxazole rings is 1. The molecule has 13 heteroatoms. The number of anilines is 1. The van der Waals surface area contributed by atoms with Gasteiger partial charge >= 0.3 is 0 Å². The Labute approximate surface area is 279 Å². The molecule has 3 aromatic carbocycles.